The van der Waals surface area contributed by atoms with Crippen LogP contribution in [0.3, 0.4) is 0 Å². The number of esters is 1. The van der Waals surface area contributed by atoms with Crippen molar-refractivity contribution in [3.05, 3.63) is 95.0 Å². The van der Waals surface area contributed by atoms with Crippen LogP contribution < -0.4 is 5.32 Å². The summed E-state index contributed by atoms with van der Waals surface area (Å²) in [5, 5.41) is 4.69. The maximum Gasteiger partial charge on any atom is 0.339 e. The molecule has 5 rings (SSSR count). The summed E-state index contributed by atoms with van der Waals surface area (Å²) in [6.07, 6.45) is 0. The fourth-order valence-corrected chi connectivity index (χ4v) is 3.93. The van der Waals surface area contributed by atoms with Crippen LogP contribution in [0.1, 0.15) is 15.9 Å². The first kappa shape index (κ1) is 21.7. The lowest BCUT2D eigenvalue weighted by atomic mass is 9.99. The Morgan fingerprint density at radius 2 is 1.79 bits per heavy atom. The van der Waals surface area contributed by atoms with Crippen molar-refractivity contribution in [2.24, 2.45) is 0 Å². The van der Waals surface area contributed by atoms with Crippen molar-refractivity contribution in [3.63, 3.8) is 0 Å². The van der Waals surface area contributed by atoms with Gasteiger partial charge in [-0.3, -0.25) is 4.79 Å². The molecule has 0 saturated carbocycles. The average Bonchev–Trinajstić information content (AvgIpc) is 3.28. The van der Waals surface area contributed by atoms with Gasteiger partial charge in [0.25, 0.3) is 5.91 Å². The molecule has 4 aromatic carbocycles. The summed E-state index contributed by atoms with van der Waals surface area (Å²) in [5.74, 6) is -0.681. The number of hydrogen-bond acceptors (Lipinski definition) is 5. The number of oxazole rings is 1. The van der Waals surface area contributed by atoms with E-state index in [1.54, 1.807) is 30.3 Å². The minimum absolute atomic E-state index is 0.321. The molecule has 0 saturated heterocycles. The first-order valence-corrected chi connectivity index (χ1v) is 11.0. The topological polar surface area (TPSA) is 81.4 Å². The Bertz CT molecular complexity index is 1520. The fraction of sp³-hybridized carbons (Fsp3) is 0.0741. The van der Waals surface area contributed by atoms with E-state index < -0.39 is 18.5 Å². The predicted octanol–water partition coefficient (Wildman–Crippen LogP) is 6.41. The molecule has 0 atom stereocenters. The second-order valence-corrected chi connectivity index (χ2v) is 8.19. The number of nitrogens with one attached hydrogen (secondary N) is 1. The fourth-order valence-electron chi connectivity index (χ4n) is 3.75. The number of nitrogens with zero attached hydrogens (tertiary/aromatic N) is 1. The summed E-state index contributed by atoms with van der Waals surface area (Å²) in [6.45, 7) is 1.43. The molecule has 0 fully saturated rings. The molecule has 1 aromatic heterocycles. The van der Waals surface area contributed by atoms with Gasteiger partial charge >= 0.3 is 5.97 Å². The molecule has 0 unspecified atom stereocenters. The lowest BCUT2D eigenvalue weighted by molar-refractivity contribution is -0.119. The Labute approximate surface area is 200 Å². The van der Waals surface area contributed by atoms with Gasteiger partial charge in [0, 0.05) is 21.7 Å². The Kier molecular flexibility index (Phi) is 5.74. The maximum absolute atomic E-state index is 13.0. The molecular weight excluding hydrogens is 452 g/mol. The van der Waals surface area contributed by atoms with Crippen LogP contribution in [0.15, 0.2) is 83.3 Å². The normalized spacial score (nSPS) is 11.0. The Balaban J connectivity index is 1.41. The van der Waals surface area contributed by atoms with Crippen molar-refractivity contribution < 1.29 is 18.7 Å². The van der Waals surface area contributed by atoms with Gasteiger partial charge in [-0.2, -0.15) is 0 Å². The molecule has 34 heavy (non-hydrogen) atoms. The quantitative estimate of drug-likeness (QED) is 0.300. The molecule has 7 heteroatoms. The summed E-state index contributed by atoms with van der Waals surface area (Å²) in [7, 11) is 0. The van der Waals surface area contributed by atoms with Gasteiger partial charge in [-0.1, -0.05) is 54.1 Å². The number of para-hydroxylation sites is 2. The number of carbonyl (C=O) groups excluding carboxylic acids is 2. The minimum atomic E-state index is -0.619. The Morgan fingerprint density at radius 3 is 2.59 bits per heavy atom. The molecule has 5 aromatic rings. The van der Waals surface area contributed by atoms with Gasteiger partial charge in [0.2, 0.25) is 5.89 Å². The molecule has 0 bridgehead atoms. The van der Waals surface area contributed by atoms with E-state index in [1.807, 2.05) is 55.5 Å². The van der Waals surface area contributed by atoms with Gasteiger partial charge in [-0.15, -0.1) is 0 Å². The van der Waals surface area contributed by atoms with Crippen molar-refractivity contribution >= 4 is 51.0 Å². The summed E-state index contributed by atoms with van der Waals surface area (Å²) in [4.78, 5) is 29.9. The van der Waals surface area contributed by atoms with Crippen molar-refractivity contribution in [1.82, 2.24) is 4.98 Å². The van der Waals surface area contributed by atoms with Crippen molar-refractivity contribution in [1.29, 1.82) is 0 Å². The number of ether oxygens (including phenoxy) is 1. The lowest BCUT2D eigenvalue weighted by Gasteiger charge is -2.11. The third-order valence-corrected chi connectivity index (χ3v) is 5.85. The number of amides is 1. The smallest absolute Gasteiger partial charge is 0.339 e. The zero-order valence-electron chi connectivity index (χ0n) is 18.2. The molecule has 1 amide bonds. The minimum Gasteiger partial charge on any atom is -0.452 e. The van der Waals surface area contributed by atoms with Crippen LogP contribution in [0.4, 0.5) is 5.69 Å². The van der Waals surface area contributed by atoms with E-state index >= 15 is 0 Å². The SMILES string of the molecule is Cc1ccc(NC(=O)COC(=O)c2cccc3cccc(-c4nc5ccccc5o4)c23)cc1Cl. The molecule has 6 nitrogen and oxygen atoms in total. The molecule has 0 spiro atoms. The van der Waals surface area contributed by atoms with Crippen LogP contribution in [0.2, 0.25) is 5.02 Å². The number of rotatable bonds is 5. The maximum atomic E-state index is 13.0. The molecule has 0 aliphatic heterocycles. The monoisotopic (exact) mass is 470 g/mol. The highest BCUT2D eigenvalue weighted by Gasteiger charge is 2.19. The predicted molar refractivity (Wildman–Crippen MR) is 132 cm³/mol. The second kappa shape index (κ2) is 9.00. The highest BCUT2D eigenvalue weighted by molar-refractivity contribution is 6.31. The van der Waals surface area contributed by atoms with Crippen LogP contribution in [0.5, 0.6) is 0 Å². The molecule has 1 heterocycles. The van der Waals surface area contributed by atoms with Gasteiger partial charge in [0.1, 0.15) is 5.52 Å². The third-order valence-electron chi connectivity index (χ3n) is 5.44. The molecule has 0 aliphatic rings. The van der Waals surface area contributed by atoms with Crippen molar-refractivity contribution in [3.8, 4) is 11.5 Å². The summed E-state index contributed by atoms with van der Waals surface area (Å²) in [5.41, 5.74) is 3.79. The van der Waals surface area contributed by atoms with Gasteiger partial charge in [-0.25, -0.2) is 9.78 Å². The molecule has 168 valence electrons. The number of hydrogen-bond donors (Lipinski definition) is 1. The Morgan fingerprint density at radius 1 is 1.00 bits per heavy atom. The van der Waals surface area contributed by atoms with E-state index in [0.717, 1.165) is 16.5 Å². The first-order chi connectivity index (χ1) is 16.5. The van der Waals surface area contributed by atoms with E-state index in [-0.39, 0.29) is 0 Å². The van der Waals surface area contributed by atoms with Crippen molar-refractivity contribution in [2.45, 2.75) is 6.92 Å². The second-order valence-electron chi connectivity index (χ2n) is 7.78. The number of benzene rings is 4. The van der Waals surface area contributed by atoms with Gasteiger partial charge < -0.3 is 14.5 Å². The number of halogens is 1. The van der Waals surface area contributed by atoms with Crippen LogP contribution in [-0.4, -0.2) is 23.5 Å². The van der Waals surface area contributed by atoms with Crippen LogP contribution in [-0.2, 0) is 9.53 Å². The number of carbonyl (C=O) groups is 2. The summed E-state index contributed by atoms with van der Waals surface area (Å²) in [6, 6.07) is 23.6. The molecule has 0 radical (unpaired) electrons. The van der Waals surface area contributed by atoms with Gasteiger partial charge in [0.15, 0.2) is 12.2 Å². The molecular formula is C27H19ClN2O4. The third kappa shape index (κ3) is 4.23. The molecule has 1 N–H and O–H groups in total. The van der Waals surface area contributed by atoms with Crippen molar-refractivity contribution in [2.75, 3.05) is 11.9 Å². The van der Waals surface area contributed by atoms with E-state index in [0.29, 0.717) is 38.7 Å². The Hall–Kier alpha value is -4.16. The largest absolute Gasteiger partial charge is 0.452 e. The van der Waals surface area contributed by atoms with Gasteiger partial charge in [-0.05, 0) is 54.3 Å². The summed E-state index contributed by atoms with van der Waals surface area (Å²) >= 11 is 6.10. The summed E-state index contributed by atoms with van der Waals surface area (Å²) < 4.78 is 11.3. The van der Waals surface area contributed by atoms with E-state index in [9.17, 15) is 9.59 Å². The lowest BCUT2D eigenvalue weighted by Crippen LogP contribution is -2.21. The standard InChI is InChI=1S/C27H19ClN2O4/c1-16-12-13-18(14-21(16)28)29-24(31)15-33-27(32)20-9-5-7-17-6-4-8-19(25(17)20)26-30-22-10-2-3-11-23(22)34-26/h2-14H,15H2,1H3,(H,29,31). The highest BCUT2D eigenvalue weighted by atomic mass is 35.5. The van der Waals surface area contributed by atoms with Crippen LogP contribution in [0, 0.1) is 6.92 Å². The van der Waals surface area contributed by atoms with E-state index in [1.165, 1.54) is 0 Å². The first-order valence-electron chi connectivity index (χ1n) is 10.6. The zero-order chi connectivity index (χ0) is 23.7. The average molecular weight is 471 g/mol. The number of aromatic nitrogens is 1. The number of aryl methyl sites for hydroxylation is 1. The number of fused-ring (bicyclic) bond motifs is 2. The van der Waals surface area contributed by atoms with Crippen LogP contribution >= 0.6 is 11.6 Å². The molecule has 0 aliphatic carbocycles. The van der Waals surface area contributed by atoms with E-state index in [4.69, 9.17) is 20.8 Å². The highest BCUT2D eigenvalue weighted by Crippen LogP contribution is 2.33. The van der Waals surface area contributed by atoms with E-state index in [2.05, 4.69) is 10.3 Å². The van der Waals surface area contributed by atoms with Gasteiger partial charge in [0.05, 0.1) is 5.56 Å². The van der Waals surface area contributed by atoms with Crippen LogP contribution in [0.25, 0.3) is 33.3 Å². The number of anilines is 1. The zero-order valence-corrected chi connectivity index (χ0v) is 18.9.